The molecule has 228 valence electrons. The van der Waals surface area contributed by atoms with Crippen molar-refractivity contribution in [3.63, 3.8) is 0 Å². The lowest BCUT2D eigenvalue weighted by molar-refractivity contribution is 0.0391. The van der Waals surface area contributed by atoms with Gasteiger partial charge in [0.2, 0.25) is 0 Å². The van der Waals surface area contributed by atoms with E-state index in [0.29, 0.717) is 11.1 Å². The lowest BCUT2D eigenvalue weighted by Gasteiger charge is -2.33. The summed E-state index contributed by atoms with van der Waals surface area (Å²) in [5.74, 6) is -0.944. The maximum atomic E-state index is 14.2. The Morgan fingerprint density at radius 3 is 0.951 bits per heavy atom. The van der Waals surface area contributed by atoms with Gasteiger partial charge in [0.25, 0.3) is 0 Å². The first-order chi connectivity index (χ1) is 18.2. The highest BCUT2D eigenvalue weighted by molar-refractivity contribution is 6.06. The van der Waals surface area contributed by atoms with Crippen LogP contribution in [-0.4, -0.2) is 11.9 Å². The Balaban J connectivity index is 2.93. The largest absolute Gasteiger partial charge is 0.386 e. The van der Waals surface area contributed by atoms with Crippen molar-refractivity contribution >= 4 is 11.9 Å². The maximum absolute atomic E-state index is 14.2. The summed E-state index contributed by atoms with van der Waals surface area (Å²) >= 11 is 0. The van der Waals surface area contributed by atoms with E-state index in [-0.39, 0.29) is 33.5 Å². The fraction of sp³-hybridized carbons (Fsp3) is 0.632. The zero-order chi connectivity index (χ0) is 32.2. The molecular weight excluding hydrogens is 504 g/mol. The van der Waals surface area contributed by atoms with Crippen molar-refractivity contribution in [2.75, 3.05) is 0 Å². The van der Waals surface area contributed by atoms with Gasteiger partial charge in [-0.05, 0) is 91.9 Å². The van der Waals surface area contributed by atoms with E-state index < -0.39 is 11.9 Å². The molecule has 0 aromatic heterocycles. The first kappa shape index (κ1) is 34.8. The van der Waals surface area contributed by atoms with Crippen LogP contribution in [0.15, 0.2) is 12.1 Å². The molecule has 0 aliphatic heterocycles. The van der Waals surface area contributed by atoms with Crippen molar-refractivity contribution in [1.29, 1.82) is 0 Å². The van der Waals surface area contributed by atoms with Crippen LogP contribution in [0.25, 0.3) is 0 Å². The third-order valence-electron chi connectivity index (χ3n) is 8.25. The minimum atomic E-state index is -0.556. The second-order valence-electron chi connectivity index (χ2n) is 16.8. The molecule has 0 spiro atoms. The molecule has 0 bridgehead atoms. The van der Waals surface area contributed by atoms with Crippen molar-refractivity contribution in [3.8, 4) is 0 Å². The number of hydrogen-bond donors (Lipinski definition) is 0. The van der Waals surface area contributed by atoms with Crippen LogP contribution in [0.1, 0.15) is 188 Å². The van der Waals surface area contributed by atoms with Gasteiger partial charge >= 0.3 is 11.9 Å². The lowest BCUT2D eigenvalue weighted by Crippen LogP contribution is -2.28. The highest BCUT2D eigenvalue weighted by atomic mass is 16.6. The first-order valence-corrected chi connectivity index (χ1v) is 15.4. The summed E-state index contributed by atoms with van der Waals surface area (Å²) in [7, 11) is 0. The van der Waals surface area contributed by atoms with Crippen molar-refractivity contribution < 1.29 is 14.3 Å². The minimum Gasteiger partial charge on any atom is -0.386 e. The zero-order valence-electron chi connectivity index (χ0n) is 29.5. The van der Waals surface area contributed by atoms with E-state index in [1.54, 1.807) is 0 Å². The van der Waals surface area contributed by atoms with Crippen LogP contribution in [0.5, 0.6) is 0 Å². The Kier molecular flexibility index (Phi) is 9.62. The highest BCUT2D eigenvalue weighted by Crippen LogP contribution is 2.42. The summed E-state index contributed by atoms with van der Waals surface area (Å²) in [6.45, 7) is 38.6. The van der Waals surface area contributed by atoms with Gasteiger partial charge in [-0.3, -0.25) is 0 Å². The van der Waals surface area contributed by atoms with E-state index in [4.69, 9.17) is 4.74 Å². The van der Waals surface area contributed by atoms with Crippen LogP contribution in [0.4, 0.5) is 0 Å². The number of ether oxygens (including phenoxy) is 1. The van der Waals surface area contributed by atoms with Gasteiger partial charge in [0.15, 0.2) is 0 Å². The minimum absolute atomic E-state index is 0.0840. The molecule has 3 nitrogen and oxygen atoms in total. The fourth-order valence-corrected chi connectivity index (χ4v) is 6.42. The second kappa shape index (κ2) is 11.3. The van der Waals surface area contributed by atoms with E-state index in [1.165, 1.54) is 11.1 Å². The summed E-state index contributed by atoms with van der Waals surface area (Å²) in [5.41, 5.74) is 8.69. The molecule has 2 aromatic carbocycles. The molecule has 0 N–H and O–H groups in total. The summed E-state index contributed by atoms with van der Waals surface area (Å²) < 4.78 is 5.96. The van der Waals surface area contributed by atoms with Crippen molar-refractivity contribution in [1.82, 2.24) is 0 Å². The molecule has 0 aliphatic rings. The Morgan fingerprint density at radius 1 is 0.512 bits per heavy atom. The van der Waals surface area contributed by atoms with Crippen LogP contribution in [0, 0.1) is 13.8 Å². The van der Waals surface area contributed by atoms with Crippen LogP contribution in [0.2, 0.25) is 0 Å². The molecule has 3 heteroatoms. The lowest BCUT2D eigenvalue weighted by atomic mass is 9.72. The summed E-state index contributed by atoms with van der Waals surface area (Å²) in [6.07, 6.45) is 0. The number of benzene rings is 2. The molecule has 0 aliphatic carbocycles. The van der Waals surface area contributed by atoms with E-state index in [9.17, 15) is 9.59 Å². The van der Waals surface area contributed by atoms with Crippen LogP contribution < -0.4 is 0 Å². The molecule has 0 saturated carbocycles. The van der Waals surface area contributed by atoms with Crippen molar-refractivity contribution in [2.24, 2.45) is 0 Å². The van der Waals surface area contributed by atoms with Gasteiger partial charge in [-0.1, -0.05) is 123 Å². The topological polar surface area (TPSA) is 43.4 Å². The van der Waals surface area contributed by atoms with Gasteiger partial charge in [0.05, 0.1) is 11.1 Å². The van der Waals surface area contributed by atoms with E-state index in [0.717, 1.165) is 33.4 Å². The highest BCUT2D eigenvalue weighted by Gasteiger charge is 2.36. The predicted octanol–water partition coefficient (Wildman–Crippen LogP) is 10.7. The monoisotopic (exact) mass is 562 g/mol. The number of rotatable bonds is 4. The van der Waals surface area contributed by atoms with Gasteiger partial charge in [-0.2, -0.15) is 0 Å². The SMILES string of the molecule is Cc1c(C(C)(C)C)cc(C(C)(C)C)c(C(=O)OC(=O)c2c(C(C)(C)C)cc(C(C)(C)C)c(C)c2C(C)C)c1C(C)C. The van der Waals surface area contributed by atoms with E-state index in [2.05, 4.69) is 137 Å². The standard InChI is InChI=1S/C38H58O3/c1-21(2)29-23(5)25(35(7,8)9)19-27(37(13,14)15)31(29)33(39)41-34(40)32-28(38(16,17)18)20-26(36(10,11)12)24(6)30(32)22(3)4/h19-22H,1-18H3. The van der Waals surface area contributed by atoms with Gasteiger partial charge < -0.3 is 4.74 Å². The molecule has 2 aromatic rings. The van der Waals surface area contributed by atoms with Gasteiger partial charge in [-0.25, -0.2) is 9.59 Å². The van der Waals surface area contributed by atoms with Crippen molar-refractivity contribution in [2.45, 2.75) is 158 Å². The van der Waals surface area contributed by atoms with Crippen LogP contribution >= 0.6 is 0 Å². The molecule has 41 heavy (non-hydrogen) atoms. The zero-order valence-corrected chi connectivity index (χ0v) is 29.5. The number of esters is 2. The van der Waals surface area contributed by atoms with E-state index in [1.807, 2.05) is 0 Å². The smallest absolute Gasteiger partial charge is 0.346 e. The summed E-state index contributed by atoms with van der Waals surface area (Å²) in [4.78, 5) is 28.5. The molecule has 0 atom stereocenters. The number of hydrogen-bond acceptors (Lipinski definition) is 3. The molecule has 0 unspecified atom stereocenters. The second-order valence-corrected chi connectivity index (χ2v) is 16.8. The Hall–Kier alpha value is -2.42. The van der Waals surface area contributed by atoms with Gasteiger partial charge in [0.1, 0.15) is 0 Å². The van der Waals surface area contributed by atoms with Gasteiger partial charge in [0, 0.05) is 0 Å². The Morgan fingerprint density at radius 2 is 0.756 bits per heavy atom. The normalized spacial score (nSPS) is 13.3. The third kappa shape index (κ3) is 7.15. The molecular formula is C38H58O3. The molecule has 0 saturated heterocycles. The average Bonchev–Trinajstić information content (AvgIpc) is 2.74. The third-order valence-corrected chi connectivity index (χ3v) is 8.25. The number of carbonyl (C=O) groups excluding carboxylic acids is 2. The molecule has 2 rings (SSSR count). The predicted molar refractivity (Wildman–Crippen MR) is 175 cm³/mol. The Labute approximate surface area is 251 Å². The van der Waals surface area contributed by atoms with Crippen molar-refractivity contribution in [3.05, 3.63) is 67.8 Å². The first-order valence-electron chi connectivity index (χ1n) is 15.4. The van der Waals surface area contributed by atoms with Gasteiger partial charge in [-0.15, -0.1) is 0 Å². The average molecular weight is 563 g/mol. The quantitative estimate of drug-likeness (QED) is 0.275. The van der Waals surface area contributed by atoms with Crippen LogP contribution in [-0.2, 0) is 26.4 Å². The fourth-order valence-electron chi connectivity index (χ4n) is 6.42. The summed E-state index contributed by atoms with van der Waals surface area (Å²) in [5, 5.41) is 0. The molecule has 0 amide bonds. The maximum Gasteiger partial charge on any atom is 0.346 e. The summed E-state index contributed by atoms with van der Waals surface area (Å²) in [6, 6.07) is 4.34. The molecule has 0 fully saturated rings. The van der Waals surface area contributed by atoms with Crippen LogP contribution in [0.3, 0.4) is 0 Å². The molecule has 0 heterocycles. The Bertz CT molecular complexity index is 1220. The number of carbonyl (C=O) groups is 2. The van der Waals surface area contributed by atoms with E-state index >= 15 is 0 Å². The molecule has 0 radical (unpaired) electrons.